The molecular formula is C19H32N4O7. The molecule has 0 aromatic rings. The Hall–Kier alpha value is -2.69. The van der Waals surface area contributed by atoms with Crippen LogP contribution in [-0.4, -0.2) is 70.6 Å². The summed E-state index contributed by atoms with van der Waals surface area (Å²) in [6.07, 6.45) is 1.48. The Kier molecular flexibility index (Phi) is 10.2. The lowest BCUT2D eigenvalue weighted by atomic mass is 9.97. The average Bonchev–Trinajstić information content (AvgIpc) is 3.22. The minimum Gasteiger partial charge on any atom is -0.481 e. The van der Waals surface area contributed by atoms with Gasteiger partial charge in [0.05, 0.1) is 6.04 Å². The van der Waals surface area contributed by atoms with Gasteiger partial charge < -0.3 is 31.5 Å². The number of amides is 3. The molecule has 0 saturated carbocycles. The highest BCUT2D eigenvalue weighted by molar-refractivity contribution is 5.94. The summed E-state index contributed by atoms with van der Waals surface area (Å²) >= 11 is 0. The first-order valence-corrected chi connectivity index (χ1v) is 10.2. The van der Waals surface area contributed by atoms with Crippen molar-refractivity contribution in [2.24, 2.45) is 5.92 Å². The molecule has 1 aliphatic rings. The van der Waals surface area contributed by atoms with E-state index in [0.717, 1.165) is 6.42 Å². The van der Waals surface area contributed by atoms with Crippen LogP contribution in [0.4, 0.5) is 0 Å². The first kappa shape index (κ1) is 25.3. The van der Waals surface area contributed by atoms with E-state index in [2.05, 4.69) is 21.3 Å². The van der Waals surface area contributed by atoms with Crippen molar-refractivity contribution in [2.75, 3.05) is 6.54 Å². The van der Waals surface area contributed by atoms with Crippen LogP contribution in [0.25, 0.3) is 0 Å². The van der Waals surface area contributed by atoms with Crippen LogP contribution in [-0.2, 0) is 24.0 Å². The quantitative estimate of drug-likeness (QED) is 0.234. The molecule has 170 valence electrons. The summed E-state index contributed by atoms with van der Waals surface area (Å²) in [6.45, 7) is 5.53. The Labute approximate surface area is 175 Å². The molecule has 11 heteroatoms. The third-order valence-electron chi connectivity index (χ3n) is 5.18. The van der Waals surface area contributed by atoms with Gasteiger partial charge in [-0.1, -0.05) is 20.3 Å². The second-order valence-corrected chi connectivity index (χ2v) is 7.58. The van der Waals surface area contributed by atoms with Crippen molar-refractivity contribution in [1.82, 2.24) is 21.3 Å². The van der Waals surface area contributed by atoms with Crippen LogP contribution >= 0.6 is 0 Å². The lowest BCUT2D eigenvalue weighted by Crippen LogP contribution is -2.58. The largest absolute Gasteiger partial charge is 0.481 e. The number of hydrogen-bond donors (Lipinski definition) is 6. The molecule has 0 radical (unpaired) electrons. The van der Waals surface area contributed by atoms with Gasteiger partial charge in [-0.15, -0.1) is 0 Å². The fourth-order valence-electron chi connectivity index (χ4n) is 3.04. The first-order chi connectivity index (χ1) is 14.1. The number of carbonyl (C=O) groups is 5. The van der Waals surface area contributed by atoms with E-state index in [0.29, 0.717) is 19.4 Å². The normalized spacial score (nSPS) is 19.8. The molecule has 1 aliphatic heterocycles. The van der Waals surface area contributed by atoms with E-state index < -0.39 is 53.8 Å². The minimum absolute atomic E-state index is 0.139. The molecule has 0 aliphatic carbocycles. The summed E-state index contributed by atoms with van der Waals surface area (Å²) in [5.74, 6) is -4.40. The lowest BCUT2D eigenvalue weighted by molar-refractivity contribution is -0.142. The summed E-state index contributed by atoms with van der Waals surface area (Å²) in [5.41, 5.74) is 0. The van der Waals surface area contributed by atoms with Gasteiger partial charge in [-0.2, -0.15) is 0 Å². The van der Waals surface area contributed by atoms with E-state index in [-0.39, 0.29) is 18.8 Å². The summed E-state index contributed by atoms with van der Waals surface area (Å²) in [4.78, 5) is 59.7. The van der Waals surface area contributed by atoms with Crippen molar-refractivity contribution < 1.29 is 34.2 Å². The van der Waals surface area contributed by atoms with Crippen LogP contribution in [0.3, 0.4) is 0 Å². The highest BCUT2D eigenvalue weighted by Gasteiger charge is 2.32. The molecule has 0 aromatic carbocycles. The topological polar surface area (TPSA) is 174 Å². The van der Waals surface area contributed by atoms with E-state index in [1.807, 2.05) is 6.92 Å². The molecule has 0 bridgehead atoms. The number of carboxylic acids is 2. The Morgan fingerprint density at radius 1 is 1.03 bits per heavy atom. The minimum atomic E-state index is -1.21. The second kappa shape index (κ2) is 12.1. The van der Waals surface area contributed by atoms with Crippen LogP contribution in [0, 0.1) is 5.92 Å². The smallest absolute Gasteiger partial charge is 0.325 e. The molecular weight excluding hydrogens is 396 g/mol. The fourth-order valence-corrected chi connectivity index (χ4v) is 3.04. The van der Waals surface area contributed by atoms with Gasteiger partial charge in [0.25, 0.3) is 0 Å². The Morgan fingerprint density at radius 3 is 2.20 bits per heavy atom. The maximum atomic E-state index is 12.8. The van der Waals surface area contributed by atoms with Crippen LogP contribution < -0.4 is 21.3 Å². The summed E-state index contributed by atoms with van der Waals surface area (Å²) < 4.78 is 0. The molecule has 1 rings (SSSR count). The number of aliphatic carboxylic acids is 2. The molecule has 0 spiro atoms. The molecule has 11 nitrogen and oxygen atoms in total. The van der Waals surface area contributed by atoms with Crippen molar-refractivity contribution in [1.29, 1.82) is 0 Å². The fraction of sp³-hybridized carbons (Fsp3) is 0.737. The molecule has 5 atom stereocenters. The van der Waals surface area contributed by atoms with Crippen molar-refractivity contribution in [3.05, 3.63) is 0 Å². The maximum absolute atomic E-state index is 12.8. The average molecular weight is 428 g/mol. The molecule has 30 heavy (non-hydrogen) atoms. The predicted octanol–water partition coefficient (Wildman–Crippen LogP) is -0.792. The number of carboxylic acid groups (broad SMARTS) is 2. The Bertz CT molecular complexity index is 649. The van der Waals surface area contributed by atoms with Gasteiger partial charge in [-0.25, -0.2) is 0 Å². The van der Waals surface area contributed by atoms with Crippen molar-refractivity contribution >= 4 is 29.7 Å². The Morgan fingerprint density at radius 2 is 1.70 bits per heavy atom. The lowest BCUT2D eigenvalue weighted by Gasteiger charge is -2.27. The van der Waals surface area contributed by atoms with Crippen molar-refractivity contribution in [3.63, 3.8) is 0 Å². The molecule has 1 fully saturated rings. The van der Waals surface area contributed by atoms with Gasteiger partial charge in [0.15, 0.2) is 0 Å². The zero-order valence-electron chi connectivity index (χ0n) is 17.6. The first-order valence-electron chi connectivity index (χ1n) is 10.2. The monoisotopic (exact) mass is 428 g/mol. The van der Waals surface area contributed by atoms with Crippen LogP contribution in [0.1, 0.15) is 52.9 Å². The summed E-state index contributed by atoms with van der Waals surface area (Å²) in [5, 5.41) is 28.4. The van der Waals surface area contributed by atoms with Gasteiger partial charge >= 0.3 is 11.9 Å². The highest BCUT2D eigenvalue weighted by atomic mass is 16.4. The van der Waals surface area contributed by atoms with Crippen LogP contribution in [0.5, 0.6) is 0 Å². The van der Waals surface area contributed by atoms with Gasteiger partial charge in [0.1, 0.15) is 18.1 Å². The third-order valence-corrected chi connectivity index (χ3v) is 5.18. The predicted molar refractivity (Wildman–Crippen MR) is 106 cm³/mol. The summed E-state index contributed by atoms with van der Waals surface area (Å²) in [7, 11) is 0. The summed E-state index contributed by atoms with van der Waals surface area (Å²) in [6, 6.07) is -3.75. The molecule has 1 heterocycles. The van der Waals surface area contributed by atoms with E-state index in [1.165, 1.54) is 6.92 Å². The number of rotatable bonds is 12. The molecule has 1 saturated heterocycles. The third kappa shape index (κ3) is 7.97. The zero-order chi connectivity index (χ0) is 22.8. The highest BCUT2D eigenvalue weighted by Crippen LogP contribution is 2.11. The van der Waals surface area contributed by atoms with Gasteiger partial charge in [-0.3, -0.25) is 24.0 Å². The molecule has 3 amide bonds. The Balaban J connectivity index is 2.90. The second-order valence-electron chi connectivity index (χ2n) is 7.58. The van der Waals surface area contributed by atoms with Crippen LogP contribution in [0.15, 0.2) is 0 Å². The van der Waals surface area contributed by atoms with E-state index >= 15 is 0 Å². The number of nitrogens with one attached hydrogen (secondary N) is 4. The maximum Gasteiger partial charge on any atom is 0.325 e. The van der Waals surface area contributed by atoms with Gasteiger partial charge in [0, 0.05) is 6.42 Å². The van der Waals surface area contributed by atoms with E-state index in [1.54, 1.807) is 6.92 Å². The zero-order valence-corrected chi connectivity index (χ0v) is 17.6. The van der Waals surface area contributed by atoms with Gasteiger partial charge in [0.2, 0.25) is 17.7 Å². The molecule has 5 unspecified atom stereocenters. The van der Waals surface area contributed by atoms with Crippen molar-refractivity contribution in [3.8, 4) is 0 Å². The standard InChI is InChI=1S/C19H32N4O7/c1-4-10(2)15(18(28)21-11(3)19(29)30)23-17(27)13(7-8-14(24)25)22-16(26)12-6-5-9-20-12/h10-13,15,20H,4-9H2,1-3H3,(H,21,28)(H,22,26)(H,23,27)(H,24,25)(H,29,30). The van der Waals surface area contributed by atoms with Crippen molar-refractivity contribution in [2.45, 2.75) is 77.0 Å². The number of hydrogen-bond acceptors (Lipinski definition) is 6. The van der Waals surface area contributed by atoms with E-state index in [4.69, 9.17) is 10.2 Å². The van der Waals surface area contributed by atoms with Gasteiger partial charge in [-0.05, 0) is 38.6 Å². The molecule has 0 aromatic heterocycles. The number of carbonyl (C=O) groups excluding carboxylic acids is 3. The van der Waals surface area contributed by atoms with E-state index in [9.17, 15) is 24.0 Å². The SMILES string of the molecule is CCC(C)C(NC(=O)C(CCC(=O)O)NC(=O)C1CCCN1)C(=O)NC(C)C(=O)O. The molecule has 6 N–H and O–H groups in total. The van der Waals surface area contributed by atoms with Crippen LogP contribution in [0.2, 0.25) is 0 Å².